The number of nitrogens with zero attached hydrogens (tertiary/aromatic N) is 3. The van der Waals surface area contributed by atoms with Crippen molar-refractivity contribution in [1.82, 2.24) is 25.6 Å². The Hall–Kier alpha value is -2.03. The minimum absolute atomic E-state index is 0.0372. The summed E-state index contributed by atoms with van der Waals surface area (Å²) in [6, 6.07) is 3.42. The number of carboxylic acid groups (broad SMARTS) is 1. The molecule has 8 nitrogen and oxygen atoms in total. The van der Waals surface area contributed by atoms with Crippen LogP contribution in [0.1, 0.15) is 37.3 Å². The van der Waals surface area contributed by atoms with E-state index in [9.17, 15) is 14.7 Å². The monoisotopic (exact) mass is 373 g/mol. The van der Waals surface area contributed by atoms with Gasteiger partial charge in [-0.1, -0.05) is 0 Å². The van der Waals surface area contributed by atoms with E-state index in [2.05, 4.69) is 15.8 Å². The van der Waals surface area contributed by atoms with E-state index in [1.165, 1.54) is 0 Å². The second-order valence-electron chi connectivity index (χ2n) is 8.21. The molecule has 0 aromatic carbocycles. The molecule has 3 saturated heterocycles. The number of carbonyl (C=O) groups excluding carboxylic acids is 1. The molecular weight excluding hydrogens is 346 g/mol. The zero-order chi connectivity index (χ0) is 19.0. The lowest BCUT2D eigenvalue weighted by Gasteiger charge is -2.40. The number of rotatable bonds is 3. The summed E-state index contributed by atoms with van der Waals surface area (Å²) in [6.45, 7) is 2.22. The predicted molar refractivity (Wildman–Crippen MR) is 98.6 cm³/mol. The Morgan fingerprint density at radius 1 is 1.22 bits per heavy atom. The van der Waals surface area contributed by atoms with Crippen molar-refractivity contribution in [2.75, 3.05) is 26.7 Å². The molecule has 0 aliphatic carbocycles. The van der Waals surface area contributed by atoms with Gasteiger partial charge in [0.1, 0.15) is 12.1 Å². The number of aromatic nitrogens is 1. The molecule has 0 bridgehead atoms. The maximum absolute atomic E-state index is 12.9. The van der Waals surface area contributed by atoms with Crippen LogP contribution in [0.3, 0.4) is 0 Å². The van der Waals surface area contributed by atoms with Gasteiger partial charge in [-0.3, -0.25) is 19.5 Å². The Kier molecular flexibility index (Phi) is 4.88. The van der Waals surface area contributed by atoms with Gasteiger partial charge in [-0.2, -0.15) is 0 Å². The Bertz CT molecular complexity index is 705. The SMILES string of the molecule is CN1CC2(CCN(C(=O)C3CC(c4ccncc4)NN3)CC2)CC1C(=O)O. The highest BCUT2D eigenvalue weighted by Gasteiger charge is 2.47. The van der Waals surface area contributed by atoms with Gasteiger partial charge in [-0.15, -0.1) is 0 Å². The van der Waals surface area contributed by atoms with Crippen LogP contribution in [0, 0.1) is 5.41 Å². The Morgan fingerprint density at radius 2 is 1.93 bits per heavy atom. The van der Waals surface area contributed by atoms with Crippen molar-refractivity contribution >= 4 is 11.9 Å². The minimum Gasteiger partial charge on any atom is -0.480 e. The first kappa shape index (κ1) is 18.3. The number of carboxylic acids is 1. The smallest absolute Gasteiger partial charge is 0.320 e. The molecule has 3 aliphatic rings. The number of aliphatic carboxylic acids is 1. The first-order valence-electron chi connectivity index (χ1n) is 9.60. The molecule has 27 heavy (non-hydrogen) atoms. The van der Waals surface area contributed by atoms with Gasteiger partial charge in [-0.05, 0) is 55.8 Å². The van der Waals surface area contributed by atoms with Gasteiger partial charge in [0.2, 0.25) is 5.91 Å². The number of pyridine rings is 1. The van der Waals surface area contributed by atoms with Crippen LogP contribution in [0.4, 0.5) is 0 Å². The van der Waals surface area contributed by atoms with Crippen molar-refractivity contribution < 1.29 is 14.7 Å². The van der Waals surface area contributed by atoms with Gasteiger partial charge in [0.25, 0.3) is 0 Å². The average molecular weight is 373 g/mol. The highest BCUT2D eigenvalue weighted by atomic mass is 16.4. The summed E-state index contributed by atoms with van der Waals surface area (Å²) in [7, 11) is 1.89. The number of hydrazine groups is 1. The number of carbonyl (C=O) groups is 2. The molecule has 3 fully saturated rings. The minimum atomic E-state index is -0.740. The van der Waals surface area contributed by atoms with Crippen LogP contribution in [0.5, 0.6) is 0 Å². The van der Waals surface area contributed by atoms with E-state index in [1.807, 2.05) is 29.0 Å². The van der Waals surface area contributed by atoms with Crippen molar-refractivity contribution in [1.29, 1.82) is 0 Å². The third kappa shape index (κ3) is 3.56. The summed E-state index contributed by atoms with van der Waals surface area (Å²) >= 11 is 0. The zero-order valence-corrected chi connectivity index (χ0v) is 15.6. The molecule has 0 radical (unpaired) electrons. The van der Waals surface area contributed by atoms with Crippen LogP contribution < -0.4 is 10.9 Å². The third-order valence-electron chi connectivity index (χ3n) is 6.47. The van der Waals surface area contributed by atoms with Crippen molar-refractivity contribution in [2.45, 2.75) is 43.8 Å². The first-order chi connectivity index (χ1) is 13.0. The molecule has 4 rings (SSSR count). The lowest BCUT2D eigenvalue weighted by atomic mass is 9.76. The maximum Gasteiger partial charge on any atom is 0.320 e. The molecule has 8 heteroatoms. The number of piperidine rings is 1. The summed E-state index contributed by atoms with van der Waals surface area (Å²) in [5.74, 6) is -0.605. The first-order valence-corrected chi connectivity index (χ1v) is 9.60. The number of hydrogen-bond acceptors (Lipinski definition) is 6. The van der Waals surface area contributed by atoms with Gasteiger partial charge in [0.15, 0.2) is 0 Å². The molecule has 0 saturated carbocycles. The summed E-state index contributed by atoms with van der Waals surface area (Å²) in [4.78, 5) is 32.3. The van der Waals surface area contributed by atoms with Crippen LogP contribution in [0.2, 0.25) is 0 Å². The molecule has 3 aliphatic heterocycles. The van der Waals surface area contributed by atoms with Crippen LogP contribution in [0.15, 0.2) is 24.5 Å². The molecule has 146 valence electrons. The largest absolute Gasteiger partial charge is 0.480 e. The number of likely N-dealkylation sites (N-methyl/N-ethyl adjacent to an activating group) is 1. The Balaban J connectivity index is 1.33. The molecule has 1 aromatic rings. The fourth-order valence-electron chi connectivity index (χ4n) is 4.86. The van der Waals surface area contributed by atoms with E-state index in [1.54, 1.807) is 12.4 Å². The van der Waals surface area contributed by atoms with Gasteiger partial charge < -0.3 is 10.0 Å². The number of likely N-dealkylation sites (tertiary alicyclic amines) is 2. The normalized spacial score (nSPS) is 30.7. The molecular formula is C19H27N5O3. The zero-order valence-electron chi connectivity index (χ0n) is 15.6. The number of hydrogen-bond donors (Lipinski definition) is 3. The van der Waals surface area contributed by atoms with E-state index in [0.717, 1.165) is 24.9 Å². The second-order valence-corrected chi connectivity index (χ2v) is 8.21. The second kappa shape index (κ2) is 7.18. The molecule has 3 N–H and O–H groups in total. The Morgan fingerprint density at radius 3 is 2.56 bits per heavy atom. The van der Waals surface area contributed by atoms with Gasteiger partial charge in [0, 0.05) is 38.1 Å². The highest BCUT2D eigenvalue weighted by Crippen LogP contribution is 2.43. The predicted octanol–water partition coefficient (Wildman–Crippen LogP) is 0.387. The van der Waals surface area contributed by atoms with E-state index in [4.69, 9.17) is 0 Å². The lowest BCUT2D eigenvalue weighted by molar-refractivity contribution is -0.142. The maximum atomic E-state index is 12.9. The average Bonchev–Trinajstić information content (AvgIpc) is 3.28. The lowest BCUT2D eigenvalue weighted by Crippen LogP contribution is -2.50. The Labute approximate surface area is 158 Å². The van der Waals surface area contributed by atoms with Gasteiger partial charge >= 0.3 is 5.97 Å². The summed E-state index contributed by atoms with van der Waals surface area (Å²) in [5, 5.41) is 9.37. The standard InChI is InChI=1S/C19H27N5O3/c1-23-12-19(11-16(23)18(26)27)4-8-24(9-5-19)17(25)15-10-14(21-22-15)13-2-6-20-7-3-13/h2-3,6-7,14-16,21-22H,4-5,8-12H2,1H3,(H,26,27). The summed E-state index contributed by atoms with van der Waals surface area (Å²) < 4.78 is 0. The fraction of sp³-hybridized carbons (Fsp3) is 0.632. The molecule has 3 atom stereocenters. The number of nitrogens with one attached hydrogen (secondary N) is 2. The summed E-state index contributed by atoms with van der Waals surface area (Å²) in [6.07, 6.45) is 6.68. The molecule has 1 amide bonds. The summed E-state index contributed by atoms with van der Waals surface area (Å²) in [5.41, 5.74) is 7.52. The quantitative estimate of drug-likeness (QED) is 0.705. The molecule has 4 heterocycles. The molecule has 1 aromatic heterocycles. The topological polar surface area (TPSA) is 97.8 Å². The molecule has 1 spiro atoms. The van der Waals surface area contributed by atoms with Crippen LogP contribution >= 0.6 is 0 Å². The fourth-order valence-corrected chi connectivity index (χ4v) is 4.86. The van der Waals surface area contributed by atoms with Crippen molar-refractivity contribution in [2.24, 2.45) is 5.41 Å². The molecule has 3 unspecified atom stereocenters. The van der Waals surface area contributed by atoms with Gasteiger partial charge in [-0.25, -0.2) is 10.9 Å². The van der Waals surface area contributed by atoms with E-state index >= 15 is 0 Å². The highest BCUT2D eigenvalue weighted by molar-refractivity contribution is 5.82. The van der Waals surface area contributed by atoms with Crippen molar-refractivity contribution in [3.8, 4) is 0 Å². The van der Waals surface area contributed by atoms with E-state index in [-0.39, 0.29) is 23.4 Å². The third-order valence-corrected chi connectivity index (χ3v) is 6.47. The van der Waals surface area contributed by atoms with Crippen LogP contribution in [0.25, 0.3) is 0 Å². The van der Waals surface area contributed by atoms with Crippen molar-refractivity contribution in [3.63, 3.8) is 0 Å². The van der Waals surface area contributed by atoms with E-state index < -0.39 is 12.0 Å². The van der Waals surface area contributed by atoms with E-state index in [0.29, 0.717) is 25.9 Å². The van der Waals surface area contributed by atoms with Crippen LogP contribution in [-0.2, 0) is 9.59 Å². The number of amides is 1. The van der Waals surface area contributed by atoms with Crippen molar-refractivity contribution in [3.05, 3.63) is 30.1 Å². The van der Waals surface area contributed by atoms with Gasteiger partial charge in [0.05, 0.1) is 0 Å². The van der Waals surface area contributed by atoms with Crippen LogP contribution in [-0.4, -0.2) is 70.5 Å².